The van der Waals surface area contributed by atoms with Crippen LogP contribution in [0.3, 0.4) is 0 Å². The van der Waals surface area contributed by atoms with E-state index < -0.39 is 0 Å². The molecule has 0 amide bonds. The highest BCUT2D eigenvalue weighted by molar-refractivity contribution is 7.98. The van der Waals surface area contributed by atoms with E-state index in [1.165, 1.54) is 0 Å². The number of aromatic nitrogens is 3. The lowest BCUT2D eigenvalue weighted by Gasteiger charge is -2.12. The zero-order valence-corrected chi connectivity index (χ0v) is 15.0. The number of hydrogen-bond acceptors (Lipinski definition) is 5. The Morgan fingerprint density at radius 2 is 2.22 bits per heavy atom. The van der Waals surface area contributed by atoms with E-state index in [9.17, 15) is 5.11 Å². The highest BCUT2D eigenvalue weighted by Crippen LogP contribution is 2.28. The molecule has 0 aliphatic carbocycles. The van der Waals surface area contributed by atoms with Gasteiger partial charge in [0.1, 0.15) is 5.82 Å². The summed E-state index contributed by atoms with van der Waals surface area (Å²) in [6.07, 6.45) is 3.14. The number of benzene rings is 1. The summed E-state index contributed by atoms with van der Waals surface area (Å²) in [5.74, 6) is 2.56. The molecule has 0 radical (unpaired) electrons. The van der Waals surface area contributed by atoms with Crippen molar-refractivity contribution in [2.24, 2.45) is 0 Å². The van der Waals surface area contributed by atoms with Gasteiger partial charge in [-0.15, -0.1) is 0 Å². The maximum Gasteiger partial charge on any atom is 0.152 e. The summed E-state index contributed by atoms with van der Waals surface area (Å²) in [6, 6.07) is 5.39. The minimum atomic E-state index is -0.353. The number of hydrogen-bond donors (Lipinski definition) is 2. The Labute approximate surface area is 149 Å². The van der Waals surface area contributed by atoms with Gasteiger partial charge in [-0.25, -0.2) is 9.67 Å². The normalized spacial score (nSPS) is 21.0. The highest BCUT2D eigenvalue weighted by Gasteiger charge is 2.28. The zero-order valence-electron chi connectivity index (χ0n) is 12.7. The molecule has 1 fully saturated rings. The van der Waals surface area contributed by atoms with Gasteiger partial charge in [0.05, 0.1) is 27.9 Å². The molecule has 3 rings (SSSR count). The second-order valence-electron chi connectivity index (χ2n) is 5.49. The molecule has 0 spiro atoms. The molecular formula is C15H18Cl2N4OS. The molecule has 1 aromatic carbocycles. The van der Waals surface area contributed by atoms with Crippen LogP contribution in [0.4, 0.5) is 0 Å². The van der Waals surface area contributed by atoms with Crippen molar-refractivity contribution in [1.29, 1.82) is 0 Å². The summed E-state index contributed by atoms with van der Waals surface area (Å²) in [5.41, 5.74) is 0.820. The number of rotatable bonds is 5. The highest BCUT2D eigenvalue weighted by atomic mass is 35.5. The molecular weight excluding hydrogens is 355 g/mol. The Morgan fingerprint density at radius 1 is 1.39 bits per heavy atom. The first-order valence-corrected chi connectivity index (χ1v) is 9.55. The molecule has 23 heavy (non-hydrogen) atoms. The van der Waals surface area contributed by atoms with Crippen LogP contribution in [0.25, 0.3) is 5.69 Å². The summed E-state index contributed by atoms with van der Waals surface area (Å²) < 4.78 is 1.80. The first-order chi connectivity index (χ1) is 11.1. The standard InChI is InChI=1S/C15H18Cl2N4OS/c1-23-5-4-14-19-15(13-7-10(22)8-18-13)21(20-14)9-2-3-11(16)12(17)6-9/h2-3,6,10,13,18,22H,4-5,7-8H2,1H3/t10-,13+/m1/s1. The van der Waals surface area contributed by atoms with E-state index in [1.54, 1.807) is 28.6 Å². The van der Waals surface area contributed by atoms with Crippen LogP contribution in [-0.2, 0) is 6.42 Å². The largest absolute Gasteiger partial charge is 0.392 e. The van der Waals surface area contributed by atoms with Gasteiger partial charge in [0.2, 0.25) is 0 Å². The van der Waals surface area contributed by atoms with Gasteiger partial charge in [-0.2, -0.15) is 16.9 Å². The maximum atomic E-state index is 9.79. The molecule has 0 bridgehead atoms. The van der Waals surface area contributed by atoms with Crippen molar-refractivity contribution in [3.63, 3.8) is 0 Å². The molecule has 2 aromatic rings. The van der Waals surface area contributed by atoms with Crippen molar-refractivity contribution in [1.82, 2.24) is 20.1 Å². The van der Waals surface area contributed by atoms with Crippen LogP contribution in [0, 0.1) is 0 Å². The number of aliphatic hydroxyl groups is 1. The van der Waals surface area contributed by atoms with E-state index in [4.69, 9.17) is 23.2 Å². The molecule has 2 heterocycles. The zero-order chi connectivity index (χ0) is 16.4. The fourth-order valence-electron chi connectivity index (χ4n) is 2.61. The van der Waals surface area contributed by atoms with Crippen molar-refractivity contribution in [2.45, 2.75) is 25.0 Å². The number of thioether (sulfide) groups is 1. The average molecular weight is 373 g/mol. The van der Waals surface area contributed by atoms with Gasteiger partial charge in [-0.05, 0) is 30.9 Å². The summed E-state index contributed by atoms with van der Waals surface area (Å²) in [7, 11) is 0. The van der Waals surface area contributed by atoms with Crippen LogP contribution in [0.5, 0.6) is 0 Å². The number of nitrogens with zero attached hydrogens (tertiary/aromatic N) is 3. The van der Waals surface area contributed by atoms with Crippen LogP contribution in [-0.4, -0.2) is 44.5 Å². The van der Waals surface area contributed by atoms with E-state index in [2.05, 4.69) is 21.7 Å². The van der Waals surface area contributed by atoms with Gasteiger partial charge in [-0.3, -0.25) is 0 Å². The fourth-order valence-corrected chi connectivity index (χ4v) is 3.29. The minimum Gasteiger partial charge on any atom is -0.392 e. The first kappa shape index (κ1) is 17.0. The van der Waals surface area contributed by atoms with E-state index in [0.29, 0.717) is 23.0 Å². The fraction of sp³-hybridized carbons (Fsp3) is 0.467. The van der Waals surface area contributed by atoms with Crippen LogP contribution < -0.4 is 5.32 Å². The van der Waals surface area contributed by atoms with Gasteiger partial charge >= 0.3 is 0 Å². The second-order valence-corrected chi connectivity index (χ2v) is 7.29. The predicted molar refractivity (Wildman–Crippen MR) is 94.8 cm³/mol. The molecule has 0 saturated carbocycles. The lowest BCUT2D eigenvalue weighted by molar-refractivity contribution is 0.193. The summed E-state index contributed by atoms with van der Waals surface area (Å²) in [5, 5.41) is 18.7. The Bertz CT molecular complexity index is 694. The van der Waals surface area contributed by atoms with Gasteiger partial charge in [0, 0.05) is 18.7 Å². The Kier molecular flexibility index (Phi) is 5.49. The van der Waals surface area contributed by atoms with E-state index in [0.717, 1.165) is 29.5 Å². The van der Waals surface area contributed by atoms with Crippen molar-refractivity contribution >= 4 is 35.0 Å². The third-order valence-electron chi connectivity index (χ3n) is 3.77. The topological polar surface area (TPSA) is 63.0 Å². The lowest BCUT2D eigenvalue weighted by Crippen LogP contribution is -2.18. The van der Waals surface area contributed by atoms with E-state index in [1.807, 2.05) is 6.07 Å². The lowest BCUT2D eigenvalue weighted by atomic mass is 10.2. The molecule has 1 saturated heterocycles. The smallest absolute Gasteiger partial charge is 0.152 e. The quantitative estimate of drug-likeness (QED) is 0.844. The number of aliphatic hydroxyl groups excluding tert-OH is 1. The number of nitrogens with one attached hydrogen (secondary N) is 1. The second kappa shape index (κ2) is 7.40. The van der Waals surface area contributed by atoms with Crippen molar-refractivity contribution < 1.29 is 5.11 Å². The molecule has 2 N–H and O–H groups in total. The van der Waals surface area contributed by atoms with Gasteiger partial charge < -0.3 is 10.4 Å². The summed E-state index contributed by atoms with van der Waals surface area (Å²) >= 11 is 13.9. The summed E-state index contributed by atoms with van der Waals surface area (Å²) in [4.78, 5) is 4.68. The summed E-state index contributed by atoms with van der Waals surface area (Å²) in [6.45, 7) is 0.568. The molecule has 1 aliphatic rings. The van der Waals surface area contributed by atoms with Gasteiger partial charge in [0.15, 0.2) is 5.82 Å². The SMILES string of the molecule is CSCCc1nc([C@@H]2C[C@@H](O)CN2)n(-c2ccc(Cl)c(Cl)c2)n1. The van der Waals surface area contributed by atoms with Gasteiger partial charge in [-0.1, -0.05) is 23.2 Å². The van der Waals surface area contributed by atoms with Crippen LogP contribution in [0.1, 0.15) is 24.1 Å². The predicted octanol–water partition coefficient (Wildman–Crippen LogP) is 2.87. The number of aryl methyl sites for hydroxylation is 1. The molecule has 1 aromatic heterocycles. The minimum absolute atomic E-state index is 0.0185. The van der Waals surface area contributed by atoms with Crippen LogP contribution in [0.2, 0.25) is 10.0 Å². The molecule has 124 valence electrons. The Balaban J connectivity index is 1.98. The number of β-amino-alcohol motifs (C(OH)–C–C–N with tert-alkyl or cyclic N) is 1. The molecule has 2 atom stereocenters. The number of halogens is 2. The Morgan fingerprint density at radius 3 is 2.87 bits per heavy atom. The first-order valence-electron chi connectivity index (χ1n) is 7.40. The monoisotopic (exact) mass is 372 g/mol. The average Bonchev–Trinajstić information content (AvgIpc) is 3.14. The van der Waals surface area contributed by atoms with Crippen molar-refractivity contribution in [3.8, 4) is 5.69 Å². The van der Waals surface area contributed by atoms with E-state index >= 15 is 0 Å². The molecule has 1 aliphatic heterocycles. The molecule has 8 heteroatoms. The molecule has 5 nitrogen and oxygen atoms in total. The van der Waals surface area contributed by atoms with E-state index in [-0.39, 0.29) is 12.1 Å². The van der Waals surface area contributed by atoms with Crippen molar-refractivity contribution in [2.75, 3.05) is 18.6 Å². The Hall–Kier alpha value is -0.790. The third kappa shape index (κ3) is 3.83. The third-order valence-corrected chi connectivity index (χ3v) is 5.12. The maximum absolute atomic E-state index is 9.79. The molecule has 0 unspecified atom stereocenters. The van der Waals surface area contributed by atoms with Gasteiger partial charge in [0.25, 0.3) is 0 Å². The van der Waals surface area contributed by atoms with Crippen LogP contribution >= 0.6 is 35.0 Å². The van der Waals surface area contributed by atoms with Crippen molar-refractivity contribution in [3.05, 3.63) is 39.9 Å². The van der Waals surface area contributed by atoms with Crippen LogP contribution in [0.15, 0.2) is 18.2 Å².